The Morgan fingerprint density at radius 1 is 1.20 bits per heavy atom. The van der Waals surface area contributed by atoms with Gasteiger partial charge in [-0.1, -0.05) is 11.6 Å². The number of halogens is 2. The standard InChI is InChI=1S/C21H33ClN4O3.HI/c1-3-23-21(26-13-9-19(10-14-26)29-16-4-15-28-2)25-12-11-24-20(27)17-5-7-18(22)8-6-17;/h5-8,19H,3-4,9-16H2,1-2H3,(H,23,25)(H,24,27);1H. The zero-order chi connectivity index (χ0) is 20.9. The number of methoxy groups -OCH3 is 1. The van der Waals surface area contributed by atoms with Crippen LogP contribution in [0.15, 0.2) is 29.3 Å². The van der Waals surface area contributed by atoms with Crippen LogP contribution in [0.5, 0.6) is 0 Å². The third-order valence-corrected chi connectivity index (χ3v) is 4.94. The fourth-order valence-electron chi connectivity index (χ4n) is 3.15. The highest BCUT2D eigenvalue weighted by Crippen LogP contribution is 2.14. The van der Waals surface area contributed by atoms with Gasteiger partial charge in [0, 0.05) is 57.1 Å². The van der Waals surface area contributed by atoms with Crippen molar-refractivity contribution >= 4 is 47.4 Å². The summed E-state index contributed by atoms with van der Waals surface area (Å²) in [4.78, 5) is 19.1. The van der Waals surface area contributed by atoms with Crippen molar-refractivity contribution in [1.29, 1.82) is 0 Å². The molecule has 0 radical (unpaired) electrons. The lowest BCUT2D eigenvalue weighted by atomic mass is 10.1. The molecule has 1 heterocycles. The number of aliphatic imine (C=N–C) groups is 1. The Morgan fingerprint density at radius 3 is 2.53 bits per heavy atom. The summed E-state index contributed by atoms with van der Waals surface area (Å²) in [7, 11) is 1.71. The zero-order valence-corrected chi connectivity index (χ0v) is 20.9. The first-order valence-corrected chi connectivity index (χ1v) is 10.7. The van der Waals surface area contributed by atoms with E-state index in [4.69, 9.17) is 21.1 Å². The highest BCUT2D eigenvalue weighted by molar-refractivity contribution is 14.0. The van der Waals surface area contributed by atoms with E-state index in [1.54, 1.807) is 31.4 Å². The third-order valence-electron chi connectivity index (χ3n) is 4.69. The molecule has 7 nitrogen and oxygen atoms in total. The van der Waals surface area contributed by atoms with Crippen molar-refractivity contribution in [2.75, 3.05) is 53.0 Å². The molecular formula is C21H34ClIN4O3. The number of nitrogens with one attached hydrogen (secondary N) is 2. The number of ether oxygens (including phenoxy) is 2. The topological polar surface area (TPSA) is 75.2 Å². The van der Waals surface area contributed by atoms with Crippen molar-refractivity contribution in [3.05, 3.63) is 34.9 Å². The van der Waals surface area contributed by atoms with E-state index in [0.29, 0.717) is 29.8 Å². The normalized spacial score (nSPS) is 14.9. The average molecular weight is 553 g/mol. The summed E-state index contributed by atoms with van der Waals surface area (Å²) in [6.07, 6.45) is 3.22. The average Bonchev–Trinajstić information content (AvgIpc) is 2.74. The highest BCUT2D eigenvalue weighted by Gasteiger charge is 2.21. The van der Waals surface area contributed by atoms with Gasteiger partial charge in [-0.05, 0) is 50.5 Å². The molecule has 0 aromatic heterocycles. The maximum Gasteiger partial charge on any atom is 0.251 e. The number of piperidine rings is 1. The molecule has 170 valence electrons. The highest BCUT2D eigenvalue weighted by atomic mass is 127. The summed E-state index contributed by atoms with van der Waals surface area (Å²) in [5, 5.41) is 6.85. The minimum absolute atomic E-state index is 0. The zero-order valence-electron chi connectivity index (χ0n) is 17.9. The maximum atomic E-state index is 12.1. The van der Waals surface area contributed by atoms with Crippen molar-refractivity contribution in [1.82, 2.24) is 15.5 Å². The van der Waals surface area contributed by atoms with Crippen LogP contribution in [0.25, 0.3) is 0 Å². The van der Waals surface area contributed by atoms with Crippen LogP contribution in [-0.4, -0.2) is 75.9 Å². The molecule has 1 aromatic carbocycles. The number of amides is 1. The lowest BCUT2D eigenvalue weighted by molar-refractivity contribution is 0.00990. The number of hydrogen-bond donors (Lipinski definition) is 2. The predicted molar refractivity (Wildman–Crippen MR) is 132 cm³/mol. The van der Waals surface area contributed by atoms with Gasteiger partial charge < -0.3 is 25.0 Å². The molecule has 9 heteroatoms. The smallest absolute Gasteiger partial charge is 0.251 e. The summed E-state index contributed by atoms with van der Waals surface area (Å²) >= 11 is 5.85. The quantitative estimate of drug-likeness (QED) is 0.202. The summed E-state index contributed by atoms with van der Waals surface area (Å²) < 4.78 is 11.0. The fraction of sp³-hybridized carbons (Fsp3) is 0.619. The van der Waals surface area contributed by atoms with E-state index in [1.165, 1.54) is 0 Å². The molecule has 0 unspecified atom stereocenters. The number of benzene rings is 1. The van der Waals surface area contributed by atoms with Gasteiger partial charge in [0.1, 0.15) is 0 Å². The van der Waals surface area contributed by atoms with Gasteiger partial charge in [0.25, 0.3) is 5.91 Å². The largest absolute Gasteiger partial charge is 0.385 e. The monoisotopic (exact) mass is 552 g/mol. The summed E-state index contributed by atoms with van der Waals surface area (Å²) in [5.74, 6) is 0.777. The summed E-state index contributed by atoms with van der Waals surface area (Å²) in [5.41, 5.74) is 0.595. The molecule has 30 heavy (non-hydrogen) atoms. The first kappa shape index (κ1) is 26.9. The van der Waals surface area contributed by atoms with E-state index < -0.39 is 0 Å². The number of rotatable bonds is 10. The van der Waals surface area contributed by atoms with Gasteiger partial charge in [0.15, 0.2) is 5.96 Å². The Bertz CT molecular complexity index is 638. The molecule has 0 bridgehead atoms. The Morgan fingerprint density at radius 2 is 1.90 bits per heavy atom. The van der Waals surface area contributed by atoms with E-state index >= 15 is 0 Å². The molecule has 1 aromatic rings. The van der Waals surface area contributed by atoms with Crippen LogP contribution in [0.4, 0.5) is 0 Å². The molecule has 1 aliphatic heterocycles. The van der Waals surface area contributed by atoms with Gasteiger partial charge >= 0.3 is 0 Å². The van der Waals surface area contributed by atoms with Crippen LogP contribution < -0.4 is 10.6 Å². The molecule has 0 spiro atoms. The number of carbonyl (C=O) groups is 1. The van der Waals surface area contributed by atoms with Crippen molar-refractivity contribution in [2.24, 2.45) is 4.99 Å². The second-order valence-corrected chi connectivity index (χ2v) is 7.34. The Labute approximate surface area is 201 Å². The Kier molecular flexibility index (Phi) is 14.1. The first-order valence-electron chi connectivity index (χ1n) is 10.3. The minimum atomic E-state index is -0.117. The lowest BCUT2D eigenvalue weighted by Crippen LogP contribution is -2.47. The lowest BCUT2D eigenvalue weighted by Gasteiger charge is -2.34. The van der Waals surface area contributed by atoms with E-state index in [1.807, 2.05) is 0 Å². The molecule has 0 saturated carbocycles. The van der Waals surface area contributed by atoms with Crippen molar-refractivity contribution in [3.8, 4) is 0 Å². The van der Waals surface area contributed by atoms with Crippen LogP contribution in [0, 0.1) is 0 Å². The van der Waals surface area contributed by atoms with Crippen molar-refractivity contribution in [3.63, 3.8) is 0 Å². The number of nitrogens with zero attached hydrogens (tertiary/aromatic N) is 2. The maximum absolute atomic E-state index is 12.1. The second kappa shape index (κ2) is 15.7. The fourth-order valence-corrected chi connectivity index (χ4v) is 3.27. The van der Waals surface area contributed by atoms with Gasteiger partial charge in [-0.15, -0.1) is 24.0 Å². The van der Waals surface area contributed by atoms with Crippen LogP contribution in [0.2, 0.25) is 5.02 Å². The Hall–Kier alpha value is -1.10. The number of carbonyl (C=O) groups excluding carboxylic acids is 1. The molecule has 1 amide bonds. The van der Waals surface area contributed by atoms with Gasteiger partial charge in [0.2, 0.25) is 0 Å². The van der Waals surface area contributed by atoms with Crippen LogP contribution >= 0.6 is 35.6 Å². The minimum Gasteiger partial charge on any atom is -0.385 e. The molecular weight excluding hydrogens is 519 g/mol. The molecule has 2 N–H and O–H groups in total. The van der Waals surface area contributed by atoms with E-state index in [0.717, 1.165) is 58.1 Å². The molecule has 1 aliphatic rings. The van der Waals surface area contributed by atoms with E-state index in [9.17, 15) is 4.79 Å². The van der Waals surface area contributed by atoms with Gasteiger partial charge in [-0.25, -0.2) is 0 Å². The third kappa shape index (κ3) is 9.80. The van der Waals surface area contributed by atoms with Gasteiger partial charge in [-0.2, -0.15) is 0 Å². The van der Waals surface area contributed by atoms with Gasteiger partial charge in [-0.3, -0.25) is 9.79 Å². The van der Waals surface area contributed by atoms with Crippen LogP contribution in [0.1, 0.15) is 36.5 Å². The van der Waals surface area contributed by atoms with E-state index in [2.05, 4.69) is 27.4 Å². The molecule has 2 rings (SSSR count). The number of guanidine groups is 1. The van der Waals surface area contributed by atoms with Crippen LogP contribution in [-0.2, 0) is 9.47 Å². The molecule has 0 aliphatic carbocycles. The summed E-state index contributed by atoms with van der Waals surface area (Å²) in [6.45, 7) is 7.19. The summed E-state index contributed by atoms with van der Waals surface area (Å²) in [6, 6.07) is 6.85. The second-order valence-electron chi connectivity index (χ2n) is 6.90. The number of hydrogen-bond acceptors (Lipinski definition) is 4. The SMILES string of the molecule is CCNC(=NCCNC(=O)c1ccc(Cl)cc1)N1CCC(OCCCOC)CC1.I. The molecule has 1 fully saturated rings. The first-order chi connectivity index (χ1) is 14.1. The molecule has 0 atom stereocenters. The predicted octanol–water partition coefficient (Wildman–Crippen LogP) is 3.17. The van der Waals surface area contributed by atoms with Crippen molar-refractivity contribution in [2.45, 2.75) is 32.3 Å². The number of likely N-dealkylation sites (tertiary alicyclic amines) is 1. The van der Waals surface area contributed by atoms with Gasteiger partial charge in [0.05, 0.1) is 12.6 Å². The van der Waals surface area contributed by atoms with E-state index in [-0.39, 0.29) is 29.9 Å². The van der Waals surface area contributed by atoms with Crippen molar-refractivity contribution < 1.29 is 14.3 Å². The van der Waals surface area contributed by atoms with Crippen LogP contribution in [0.3, 0.4) is 0 Å². The Balaban J connectivity index is 0.00000450. The molecule has 1 saturated heterocycles.